The molecule has 23 heavy (non-hydrogen) atoms. The Labute approximate surface area is 144 Å². The van der Waals surface area contributed by atoms with Gasteiger partial charge in [0.2, 0.25) is 0 Å². The van der Waals surface area contributed by atoms with Crippen molar-refractivity contribution in [1.82, 2.24) is 10.3 Å². The number of carbonyl (C=O) groups excluding carboxylic acids is 1. The van der Waals surface area contributed by atoms with Gasteiger partial charge in [-0.1, -0.05) is 29.8 Å². The van der Waals surface area contributed by atoms with E-state index in [1.165, 1.54) is 11.3 Å². The van der Waals surface area contributed by atoms with Crippen LogP contribution in [0, 0.1) is 0 Å². The van der Waals surface area contributed by atoms with E-state index in [4.69, 9.17) is 11.6 Å². The maximum Gasteiger partial charge on any atom is 0.261 e. The molecule has 0 aliphatic carbocycles. The van der Waals surface area contributed by atoms with E-state index in [9.17, 15) is 4.79 Å². The third-order valence-electron chi connectivity index (χ3n) is 3.42. The van der Waals surface area contributed by atoms with Gasteiger partial charge in [0, 0.05) is 16.1 Å². The Kier molecular flexibility index (Phi) is 4.74. The second kappa shape index (κ2) is 6.94. The number of amides is 1. The summed E-state index contributed by atoms with van der Waals surface area (Å²) < 4.78 is 0. The topological polar surface area (TPSA) is 42.0 Å². The van der Waals surface area contributed by atoms with Crippen molar-refractivity contribution in [3.05, 3.63) is 76.4 Å². The maximum absolute atomic E-state index is 12.4. The first-order chi connectivity index (χ1) is 11.1. The summed E-state index contributed by atoms with van der Waals surface area (Å²) in [5.74, 6) is -0.0959. The molecule has 2 heterocycles. The summed E-state index contributed by atoms with van der Waals surface area (Å²) in [7, 11) is 0. The summed E-state index contributed by atoms with van der Waals surface area (Å²) in [5.41, 5.74) is 1.85. The van der Waals surface area contributed by atoms with Crippen LogP contribution in [0.2, 0.25) is 5.02 Å². The minimum atomic E-state index is -0.139. The second-order valence-corrected chi connectivity index (χ2v) is 6.64. The molecule has 0 saturated carbocycles. The van der Waals surface area contributed by atoms with Crippen molar-refractivity contribution < 1.29 is 4.79 Å². The highest BCUT2D eigenvalue weighted by Gasteiger charge is 2.14. The van der Waals surface area contributed by atoms with Crippen molar-refractivity contribution in [3.8, 4) is 10.4 Å². The lowest BCUT2D eigenvalue weighted by Crippen LogP contribution is -2.26. The highest BCUT2D eigenvalue weighted by atomic mass is 35.5. The lowest BCUT2D eigenvalue weighted by atomic mass is 10.2. The molecule has 1 amide bonds. The van der Waals surface area contributed by atoms with Crippen LogP contribution in [0.1, 0.15) is 28.3 Å². The summed E-state index contributed by atoms with van der Waals surface area (Å²) in [6, 6.07) is 16.9. The molecule has 0 unspecified atom stereocenters. The Morgan fingerprint density at radius 3 is 2.78 bits per heavy atom. The molecule has 3 aromatic rings. The molecule has 2 aromatic heterocycles. The number of benzene rings is 1. The fourth-order valence-corrected chi connectivity index (χ4v) is 3.33. The summed E-state index contributed by atoms with van der Waals surface area (Å²) in [6.07, 6.45) is 1.72. The fourth-order valence-electron chi connectivity index (χ4n) is 2.23. The van der Waals surface area contributed by atoms with Gasteiger partial charge >= 0.3 is 0 Å². The van der Waals surface area contributed by atoms with Gasteiger partial charge in [-0.25, -0.2) is 0 Å². The first-order valence-electron chi connectivity index (χ1n) is 7.21. The Hall–Kier alpha value is -2.17. The molecule has 0 radical (unpaired) electrons. The number of pyridine rings is 1. The zero-order valence-corrected chi connectivity index (χ0v) is 14.1. The lowest BCUT2D eigenvalue weighted by Gasteiger charge is -2.12. The number of nitrogens with zero attached hydrogens (tertiary/aromatic N) is 1. The molecule has 1 atom stereocenters. The number of thiophene rings is 1. The molecule has 0 aliphatic heterocycles. The summed E-state index contributed by atoms with van der Waals surface area (Å²) in [5, 5.41) is 3.66. The molecule has 1 N–H and O–H groups in total. The van der Waals surface area contributed by atoms with Gasteiger partial charge in [0.25, 0.3) is 5.91 Å². The Morgan fingerprint density at radius 2 is 2.04 bits per heavy atom. The molecule has 0 fully saturated rings. The fraction of sp³-hybridized carbons (Fsp3) is 0.111. The number of aromatic nitrogens is 1. The quantitative estimate of drug-likeness (QED) is 0.728. The van der Waals surface area contributed by atoms with Gasteiger partial charge in [-0.2, -0.15) is 0 Å². The van der Waals surface area contributed by atoms with E-state index >= 15 is 0 Å². The summed E-state index contributed by atoms with van der Waals surface area (Å²) in [6.45, 7) is 1.92. The maximum atomic E-state index is 12.4. The minimum Gasteiger partial charge on any atom is -0.343 e. The molecular formula is C18H15ClN2OS. The van der Waals surface area contributed by atoms with E-state index in [1.54, 1.807) is 6.20 Å². The predicted molar refractivity (Wildman–Crippen MR) is 94.9 cm³/mol. The SMILES string of the molecule is C[C@@H](NC(=O)c1ccc(-c2cccc(Cl)c2)s1)c1ccccn1. The van der Waals surface area contributed by atoms with Crippen LogP contribution in [-0.4, -0.2) is 10.9 Å². The van der Waals surface area contributed by atoms with E-state index in [1.807, 2.05) is 61.5 Å². The number of halogens is 1. The van der Waals surface area contributed by atoms with Gasteiger partial charge in [-0.15, -0.1) is 11.3 Å². The van der Waals surface area contributed by atoms with Crippen LogP contribution in [0.15, 0.2) is 60.8 Å². The van der Waals surface area contributed by atoms with Crippen LogP contribution in [0.3, 0.4) is 0 Å². The van der Waals surface area contributed by atoms with Crippen molar-refractivity contribution in [2.45, 2.75) is 13.0 Å². The van der Waals surface area contributed by atoms with Crippen molar-refractivity contribution in [1.29, 1.82) is 0 Å². The van der Waals surface area contributed by atoms with Crippen molar-refractivity contribution in [2.24, 2.45) is 0 Å². The number of nitrogens with one attached hydrogen (secondary N) is 1. The predicted octanol–water partition coefficient (Wildman–Crippen LogP) is 4.95. The van der Waals surface area contributed by atoms with E-state index < -0.39 is 0 Å². The van der Waals surface area contributed by atoms with Crippen LogP contribution in [-0.2, 0) is 0 Å². The van der Waals surface area contributed by atoms with Crippen LogP contribution < -0.4 is 5.32 Å². The molecule has 3 rings (SSSR count). The highest BCUT2D eigenvalue weighted by molar-refractivity contribution is 7.17. The van der Waals surface area contributed by atoms with Gasteiger partial charge in [-0.3, -0.25) is 9.78 Å². The molecular weight excluding hydrogens is 328 g/mol. The monoisotopic (exact) mass is 342 g/mol. The van der Waals surface area contributed by atoms with Gasteiger partial charge in [0.1, 0.15) is 0 Å². The zero-order valence-electron chi connectivity index (χ0n) is 12.5. The third-order valence-corrected chi connectivity index (χ3v) is 4.79. The number of carbonyl (C=O) groups is 1. The van der Waals surface area contributed by atoms with Gasteiger partial charge in [0.15, 0.2) is 0 Å². The number of hydrogen-bond acceptors (Lipinski definition) is 3. The molecule has 1 aromatic carbocycles. The molecule has 0 bridgehead atoms. The first kappa shape index (κ1) is 15.7. The normalized spacial score (nSPS) is 11.9. The number of hydrogen-bond donors (Lipinski definition) is 1. The van der Waals surface area contributed by atoms with E-state index in [0.29, 0.717) is 9.90 Å². The smallest absolute Gasteiger partial charge is 0.261 e. The summed E-state index contributed by atoms with van der Waals surface area (Å²) >= 11 is 7.47. The molecule has 5 heteroatoms. The summed E-state index contributed by atoms with van der Waals surface area (Å²) in [4.78, 5) is 18.3. The Bertz CT molecular complexity index is 817. The second-order valence-electron chi connectivity index (χ2n) is 5.12. The Balaban J connectivity index is 1.74. The lowest BCUT2D eigenvalue weighted by molar-refractivity contribution is 0.0943. The highest BCUT2D eigenvalue weighted by Crippen LogP contribution is 2.30. The van der Waals surface area contributed by atoms with Crippen LogP contribution >= 0.6 is 22.9 Å². The van der Waals surface area contributed by atoms with Gasteiger partial charge < -0.3 is 5.32 Å². The van der Waals surface area contributed by atoms with Crippen molar-refractivity contribution in [3.63, 3.8) is 0 Å². The molecule has 116 valence electrons. The van der Waals surface area contributed by atoms with Crippen molar-refractivity contribution in [2.75, 3.05) is 0 Å². The van der Waals surface area contributed by atoms with Crippen LogP contribution in [0.5, 0.6) is 0 Å². The average Bonchev–Trinajstić information content (AvgIpc) is 3.06. The van der Waals surface area contributed by atoms with E-state index in [2.05, 4.69) is 10.3 Å². The molecule has 3 nitrogen and oxygen atoms in total. The van der Waals surface area contributed by atoms with E-state index in [-0.39, 0.29) is 11.9 Å². The average molecular weight is 343 g/mol. The number of rotatable bonds is 4. The standard InChI is InChI=1S/C18H15ClN2OS/c1-12(15-7-2-3-10-20-15)21-18(22)17-9-8-16(23-17)13-5-4-6-14(19)11-13/h2-12H,1H3,(H,21,22)/t12-/m1/s1. The van der Waals surface area contributed by atoms with Crippen LogP contribution in [0.25, 0.3) is 10.4 Å². The largest absolute Gasteiger partial charge is 0.343 e. The van der Waals surface area contributed by atoms with Crippen molar-refractivity contribution >= 4 is 28.8 Å². The van der Waals surface area contributed by atoms with E-state index in [0.717, 1.165) is 16.1 Å². The minimum absolute atomic E-state index is 0.0959. The zero-order chi connectivity index (χ0) is 16.2. The molecule has 0 aliphatic rings. The van der Waals surface area contributed by atoms with Gasteiger partial charge in [-0.05, 0) is 48.9 Å². The van der Waals surface area contributed by atoms with Crippen LogP contribution in [0.4, 0.5) is 0 Å². The molecule has 0 saturated heterocycles. The first-order valence-corrected chi connectivity index (χ1v) is 8.40. The third kappa shape index (κ3) is 3.78. The molecule has 0 spiro atoms. The Morgan fingerprint density at radius 1 is 1.17 bits per heavy atom. The van der Waals surface area contributed by atoms with Gasteiger partial charge in [0.05, 0.1) is 16.6 Å².